The van der Waals surface area contributed by atoms with Crippen molar-refractivity contribution in [1.29, 1.82) is 0 Å². The highest BCUT2D eigenvalue weighted by atomic mass is 35.5. The number of nitrogens with one attached hydrogen (secondary N) is 2. The summed E-state index contributed by atoms with van der Waals surface area (Å²) < 4.78 is 10.4. The van der Waals surface area contributed by atoms with Crippen molar-refractivity contribution in [2.24, 2.45) is 0 Å². The van der Waals surface area contributed by atoms with Gasteiger partial charge in [0.05, 0.1) is 24.9 Å². The molecule has 3 rings (SSSR count). The zero-order valence-corrected chi connectivity index (χ0v) is 14.5. The summed E-state index contributed by atoms with van der Waals surface area (Å²) in [4.78, 5) is 15.5. The van der Waals surface area contributed by atoms with E-state index in [1.165, 1.54) is 14.2 Å². The number of hydrogen-bond acceptors (Lipinski definition) is 3. The highest BCUT2D eigenvalue weighted by Crippen LogP contribution is 2.36. The largest absolute Gasteiger partial charge is 0.495 e. The number of benzene rings is 2. The summed E-state index contributed by atoms with van der Waals surface area (Å²) >= 11 is 12.1. The Morgan fingerprint density at radius 2 is 1.79 bits per heavy atom. The van der Waals surface area contributed by atoms with Gasteiger partial charge >= 0.3 is 0 Å². The number of hydrogen-bond donors (Lipinski definition) is 2. The summed E-state index contributed by atoms with van der Waals surface area (Å²) in [5, 5.41) is 4.61. The van der Waals surface area contributed by atoms with Crippen molar-refractivity contribution in [3.05, 3.63) is 52.1 Å². The Morgan fingerprint density at radius 1 is 1.04 bits per heavy atom. The van der Waals surface area contributed by atoms with E-state index in [0.29, 0.717) is 32.9 Å². The zero-order valence-electron chi connectivity index (χ0n) is 12.9. The molecule has 0 saturated carbocycles. The van der Waals surface area contributed by atoms with Crippen LogP contribution in [0.2, 0.25) is 10.0 Å². The molecular weight excluding hydrogens is 351 g/mol. The molecule has 1 amide bonds. The third-order valence-corrected chi connectivity index (χ3v) is 4.08. The fourth-order valence-electron chi connectivity index (χ4n) is 2.37. The summed E-state index contributed by atoms with van der Waals surface area (Å²) in [6.45, 7) is 0. The van der Waals surface area contributed by atoms with Crippen LogP contribution in [0.3, 0.4) is 0 Å². The number of fused-ring (bicyclic) bond motifs is 1. The van der Waals surface area contributed by atoms with Crippen LogP contribution in [-0.4, -0.2) is 25.1 Å². The number of anilines is 1. The summed E-state index contributed by atoms with van der Waals surface area (Å²) in [5.74, 6) is 0.595. The van der Waals surface area contributed by atoms with Gasteiger partial charge in [-0.05, 0) is 30.3 Å². The van der Waals surface area contributed by atoms with Gasteiger partial charge in [-0.3, -0.25) is 4.79 Å². The van der Waals surface area contributed by atoms with Gasteiger partial charge in [0.2, 0.25) is 0 Å². The Hall–Kier alpha value is -2.37. The lowest BCUT2D eigenvalue weighted by atomic mass is 10.2. The first-order chi connectivity index (χ1) is 11.5. The highest BCUT2D eigenvalue weighted by Gasteiger charge is 2.15. The van der Waals surface area contributed by atoms with Gasteiger partial charge < -0.3 is 19.8 Å². The fraction of sp³-hybridized carbons (Fsp3) is 0.118. The van der Waals surface area contributed by atoms with Crippen molar-refractivity contribution in [1.82, 2.24) is 4.98 Å². The number of methoxy groups -OCH3 is 2. The molecule has 2 aromatic carbocycles. The van der Waals surface area contributed by atoms with E-state index in [4.69, 9.17) is 32.7 Å². The maximum atomic E-state index is 12.5. The van der Waals surface area contributed by atoms with Crippen LogP contribution in [0.15, 0.2) is 36.4 Å². The maximum Gasteiger partial charge on any atom is 0.272 e. The van der Waals surface area contributed by atoms with Crippen molar-refractivity contribution in [2.75, 3.05) is 19.5 Å². The first-order valence-corrected chi connectivity index (χ1v) is 7.78. The molecule has 24 heavy (non-hydrogen) atoms. The Labute approximate surface area is 148 Å². The predicted molar refractivity (Wildman–Crippen MR) is 95.8 cm³/mol. The highest BCUT2D eigenvalue weighted by molar-refractivity contribution is 6.32. The molecule has 7 heteroatoms. The van der Waals surface area contributed by atoms with Crippen molar-refractivity contribution in [3.8, 4) is 11.5 Å². The van der Waals surface area contributed by atoms with Gasteiger partial charge in [-0.1, -0.05) is 23.2 Å². The van der Waals surface area contributed by atoms with Gasteiger partial charge in [-0.2, -0.15) is 0 Å². The number of carbonyl (C=O) groups is 1. The van der Waals surface area contributed by atoms with Crippen LogP contribution in [0.1, 0.15) is 10.5 Å². The zero-order chi connectivity index (χ0) is 17.3. The molecule has 1 aromatic heterocycles. The topological polar surface area (TPSA) is 63.4 Å². The molecule has 0 aliphatic carbocycles. The molecule has 0 aliphatic rings. The van der Waals surface area contributed by atoms with E-state index in [-0.39, 0.29) is 5.91 Å². The molecule has 5 nitrogen and oxygen atoms in total. The lowest BCUT2D eigenvalue weighted by Gasteiger charge is -2.12. The Kier molecular flexibility index (Phi) is 4.55. The number of rotatable bonds is 4. The third kappa shape index (κ3) is 3.13. The molecular formula is C17H14Cl2N2O3. The molecule has 1 heterocycles. The standard InChI is InChI=1S/C17H14Cl2N2O3/c1-23-15-8-16(24-2)13(7-11(15)19)21-17(22)14-6-9-5-10(18)3-4-12(9)20-14/h3-8,20H,1-2H3,(H,21,22). The monoisotopic (exact) mass is 364 g/mol. The van der Waals surface area contributed by atoms with Gasteiger partial charge in [0, 0.05) is 22.0 Å². The van der Waals surface area contributed by atoms with Crippen LogP contribution in [0, 0.1) is 0 Å². The molecule has 3 aromatic rings. The quantitative estimate of drug-likeness (QED) is 0.702. The van der Waals surface area contributed by atoms with Gasteiger partial charge in [0.25, 0.3) is 5.91 Å². The maximum absolute atomic E-state index is 12.5. The average molecular weight is 365 g/mol. The van der Waals surface area contributed by atoms with Gasteiger partial charge in [-0.15, -0.1) is 0 Å². The minimum absolute atomic E-state index is 0.318. The number of carbonyl (C=O) groups excluding carboxylic acids is 1. The van der Waals surface area contributed by atoms with Crippen LogP contribution in [0.4, 0.5) is 5.69 Å². The lowest BCUT2D eigenvalue weighted by molar-refractivity contribution is 0.102. The smallest absolute Gasteiger partial charge is 0.272 e. The number of ether oxygens (including phenoxy) is 2. The fourth-order valence-corrected chi connectivity index (χ4v) is 2.79. The van der Waals surface area contributed by atoms with E-state index in [1.807, 2.05) is 6.07 Å². The van der Waals surface area contributed by atoms with E-state index in [9.17, 15) is 4.79 Å². The number of halogens is 2. The lowest BCUT2D eigenvalue weighted by Crippen LogP contribution is -2.13. The van der Waals surface area contributed by atoms with E-state index in [0.717, 1.165) is 10.9 Å². The van der Waals surface area contributed by atoms with Crippen LogP contribution < -0.4 is 14.8 Å². The molecule has 124 valence electrons. The predicted octanol–water partition coefficient (Wildman–Crippen LogP) is 4.74. The van der Waals surface area contributed by atoms with Crippen LogP contribution in [0.25, 0.3) is 10.9 Å². The van der Waals surface area contributed by atoms with Crippen molar-refractivity contribution >= 4 is 45.7 Å². The van der Waals surface area contributed by atoms with Crippen LogP contribution in [0.5, 0.6) is 11.5 Å². The van der Waals surface area contributed by atoms with Crippen LogP contribution in [-0.2, 0) is 0 Å². The Morgan fingerprint density at radius 3 is 2.50 bits per heavy atom. The summed E-state index contributed by atoms with van der Waals surface area (Å²) in [7, 11) is 3.01. The molecule has 0 saturated heterocycles. The molecule has 2 N–H and O–H groups in total. The molecule has 0 radical (unpaired) electrons. The summed E-state index contributed by atoms with van der Waals surface area (Å²) in [5.41, 5.74) is 1.68. The summed E-state index contributed by atoms with van der Waals surface area (Å²) in [6.07, 6.45) is 0. The SMILES string of the molecule is COc1cc(OC)c(NC(=O)c2cc3cc(Cl)ccc3[nH]2)cc1Cl. The second-order valence-electron chi connectivity index (χ2n) is 5.06. The number of amides is 1. The first kappa shape index (κ1) is 16.5. The van der Waals surface area contributed by atoms with E-state index < -0.39 is 0 Å². The molecule has 0 spiro atoms. The van der Waals surface area contributed by atoms with E-state index in [1.54, 1.807) is 30.3 Å². The van der Waals surface area contributed by atoms with Crippen LogP contribution >= 0.6 is 23.2 Å². The third-order valence-electron chi connectivity index (χ3n) is 3.55. The molecule has 0 fully saturated rings. The molecule has 0 bridgehead atoms. The van der Waals surface area contributed by atoms with E-state index in [2.05, 4.69) is 10.3 Å². The molecule has 0 atom stereocenters. The van der Waals surface area contributed by atoms with Gasteiger partial charge in [-0.25, -0.2) is 0 Å². The second-order valence-corrected chi connectivity index (χ2v) is 5.90. The Bertz CT molecular complexity index is 922. The van der Waals surface area contributed by atoms with Crippen molar-refractivity contribution < 1.29 is 14.3 Å². The molecule has 0 unspecified atom stereocenters. The van der Waals surface area contributed by atoms with Gasteiger partial charge in [0.1, 0.15) is 17.2 Å². The van der Waals surface area contributed by atoms with Gasteiger partial charge in [0.15, 0.2) is 0 Å². The normalized spacial score (nSPS) is 10.7. The number of aromatic nitrogens is 1. The minimum atomic E-state index is -0.318. The number of H-pyrrole nitrogens is 1. The number of aromatic amines is 1. The van der Waals surface area contributed by atoms with Crippen molar-refractivity contribution in [3.63, 3.8) is 0 Å². The second kappa shape index (κ2) is 6.63. The summed E-state index contributed by atoms with van der Waals surface area (Å²) in [6, 6.07) is 10.3. The minimum Gasteiger partial charge on any atom is -0.495 e. The first-order valence-electron chi connectivity index (χ1n) is 7.03. The Balaban J connectivity index is 1.92. The average Bonchev–Trinajstić information content (AvgIpc) is 2.98. The molecule has 0 aliphatic heterocycles. The van der Waals surface area contributed by atoms with Crippen molar-refractivity contribution in [2.45, 2.75) is 0 Å². The van der Waals surface area contributed by atoms with E-state index >= 15 is 0 Å².